The third kappa shape index (κ3) is 2.29. The summed E-state index contributed by atoms with van der Waals surface area (Å²) >= 11 is 0. The molecule has 0 aromatic heterocycles. The predicted molar refractivity (Wildman–Crippen MR) is 101 cm³/mol. The monoisotopic (exact) mass is 347 g/mol. The number of hydrogen-bond acceptors (Lipinski definition) is 2. The van der Waals surface area contributed by atoms with Gasteiger partial charge in [0.05, 0.1) is 5.54 Å². The second-order valence-corrected chi connectivity index (χ2v) is 8.26. The van der Waals surface area contributed by atoms with Gasteiger partial charge in [-0.3, -0.25) is 4.79 Å². The van der Waals surface area contributed by atoms with E-state index in [0.29, 0.717) is 24.3 Å². The Balaban J connectivity index is 1.50. The number of fused-ring (bicyclic) bond motifs is 1. The standard InChI is InChI=1S/C23H25NO2/c1-16-11-19-12-22(25)24-10-9-18-7-8-20(13-21(18)23(19,24)14-16)26-15-17-5-3-2-4-6-17/h2-8,13,16,19H,9-12,14-15H2,1H3/t16-,19?,23?/m1/s1. The zero-order valence-corrected chi connectivity index (χ0v) is 15.3. The van der Waals surface area contributed by atoms with E-state index in [1.54, 1.807) is 0 Å². The van der Waals surface area contributed by atoms with Crippen molar-refractivity contribution >= 4 is 5.91 Å². The molecule has 1 saturated carbocycles. The molecular formula is C23H25NO2. The maximum absolute atomic E-state index is 12.6. The lowest BCUT2D eigenvalue weighted by Crippen LogP contribution is -2.49. The van der Waals surface area contributed by atoms with Crippen LogP contribution in [0.15, 0.2) is 48.5 Å². The van der Waals surface area contributed by atoms with Crippen LogP contribution < -0.4 is 4.74 Å². The lowest BCUT2D eigenvalue weighted by molar-refractivity contribution is -0.132. The first-order valence-corrected chi connectivity index (χ1v) is 9.77. The average molecular weight is 347 g/mol. The third-order valence-electron chi connectivity index (χ3n) is 6.63. The Morgan fingerprint density at radius 1 is 1.19 bits per heavy atom. The Morgan fingerprint density at radius 2 is 2.04 bits per heavy atom. The lowest BCUT2D eigenvalue weighted by Gasteiger charge is -2.44. The summed E-state index contributed by atoms with van der Waals surface area (Å²) in [5.41, 5.74) is 3.86. The van der Waals surface area contributed by atoms with E-state index in [2.05, 4.69) is 42.2 Å². The van der Waals surface area contributed by atoms with Gasteiger partial charge in [0.1, 0.15) is 12.4 Å². The van der Waals surface area contributed by atoms with E-state index in [1.165, 1.54) is 16.7 Å². The second kappa shape index (κ2) is 5.87. The molecule has 0 N–H and O–H groups in total. The van der Waals surface area contributed by atoms with Crippen LogP contribution in [0.25, 0.3) is 0 Å². The fourth-order valence-electron chi connectivity index (χ4n) is 5.63. The van der Waals surface area contributed by atoms with E-state index in [0.717, 1.165) is 38.0 Å². The van der Waals surface area contributed by atoms with Crippen LogP contribution in [0.1, 0.15) is 42.9 Å². The largest absolute Gasteiger partial charge is 0.489 e. The molecule has 2 aliphatic heterocycles. The molecule has 1 spiro atoms. The molecule has 3 heteroatoms. The maximum Gasteiger partial charge on any atom is 0.223 e. The van der Waals surface area contributed by atoms with Gasteiger partial charge >= 0.3 is 0 Å². The number of hydrogen-bond donors (Lipinski definition) is 0. The summed E-state index contributed by atoms with van der Waals surface area (Å²) in [4.78, 5) is 14.8. The fraction of sp³-hybridized carbons (Fsp3) is 0.435. The number of carbonyl (C=O) groups is 1. The summed E-state index contributed by atoms with van der Waals surface area (Å²) in [6.45, 7) is 3.79. The highest BCUT2D eigenvalue weighted by Gasteiger charge is 2.59. The minimum atomic E-state index is -0.0732. The van der Waals surface area contributed by atoms with Crippen LogP contribution in [0.3, 0.4) is 0 Å². The van der Waals surface area contributed by atoms with Crippen LogP contribution in [0, 0.1) is 11.8 Å². The Kier molecular flexibility index (Phi) is 3.59. The molecule has 1 saturated heterocycles. The Hall–Kier alpha value is -2.29. The molecule has 2 heterocycles. The molecule has 3 nitrogen and oxygen atoms in total. The van der Waals surface area contributed by atoms with E-state index in [-0.39, 0.29) is 5.54 Å². The fourth-order valence-corrected chi connectivity index (χ4v) is 5.63. The van der Waals surface area contributed by atoms with E-state index >= 15 is 0 Å². The summed E-state index contributed by atoms with van der Waals surface area (Å²) in [5.74, 6) is 2.41. The Labute approximate surface area is 155 Å². The van der Waals surface area contributed by atoms with Crippen LogP contribution in [0.2, 0.25) is 0 Å². The summed E-state index contributed by atoms with van der Waals surface area (Å²) < 4.78 is 6.10. The van der Waals surface area contributed by atoms with Crippen molar-refractivity contribution in [1.82, 2.24) is 4.90 Å². The minimum Gasteiger partial charge on any atom is -0.489 e. The van der Waals surface area contributed by atoms with Crippen molar-refractivity contribution in [2.75, 3.05) is 6.54 Å². The molecule has 5 rings (SSSR count). The average Bonchev–Trinajstić information content (AvgIpc) is 3.10. The number of rotatable bonds is 3. The molecule has 26 heavy (non-hydrogen) atoms. The molecule has 3 atom stereocenters. The van der Waals surface area contributed by atoms with Crippen LogP contribution in [-0.4, -0.2) is 17.4 Å². The third-order valence-corrected chi connectivity index (χ3v) is 6.63. The van der Waals surface area contributed by atoms with Crippen molar-refractivity contribution in [2.24, 2.45) is 11.8 Å². The number of amides is 1. The summed E-state index contributed by atoms with van der Waals surface area (Å²) in [5, 5.41) is 0. The van der Waals surface area contributed by atoms with Gasteiger partial charge in [-0.1, -0.05) is 43.3 Å². The van der Waals surface area contributed by atoms with Crippen molar-refractivity contribution < 1.29 is 9.53 Å². The highest BCUT2D eigenvalue weighted by Crippen LogP contribution is 2.58. The van der Waals surface area contributed by atoms with Crippen LogP contribution in [0.5, 0.6) is 5.75 Å². The molecule has 1 aliphatic carbocycles. The van der Waals surface area contributed by atoms with Gasteiger partial charge < -0.3 is 9.64 Å². The van der Waals surface area contributed by atoms with Gasteiger partial charge in [-0.05, 0) is 59.9 Å². The van der Waals surface area contributed by atoms with Gasteiger partial charge in [0.15, 0.2) is 0 Å². The topological polar surface area (TPSA) is 29.5 Å². The molecule has 0 bridgehead atoms. The lowest BCUT2D eigenvalue weighted by atomic mass is 9.76. The van der Waals surface area contributed by atoms with Crippen molar-refractivity contribution in [3.8, 4) is 5.75 Å². The molecule has 134 valence electrons. The van der Waals surface area contributed by atoms with E-state index < -0.39 is 0 Å². The van der Waals surface area contributed by atoms with E-state index in [1.807, 2.05) is 18.2 Å². The van der Waals surface area contributed by atoms with Crippen LogP contribution in [-0.2, 0) is 23.4 Å². The van der Waals surface area contributed by atoms with Gasteiger partial charge in [-0.2, -0.15) is 0 Å². The molecule has 1 amide bonds. The Morgan fingerprint density at radius 3 is 2.88 bits per heavy atom. The molecule has 2 aromatic rings. The van der Waals surface area contributed by atoms with Gasteiger partial charge in [-0.15, -0.1) is 0 Å². The Bertz CT molecular complexity index is 847. The molecule has 2 unspecified atom stereocenters. The zero-order chi connectivity index (χ0) is 17.7. The number of ether oxygens (including phenoxy) is 1. The summed E-state index contributed by atoms with van der Waals surface area (Å²) in [6, 6.07) is 16.8. The SMILES string of the molecule is C[C@@H]1CC2CC(=O)N3CCc4ccc(OCc5ccccc5)cc4C23C1. The number of nitrogens with zero attached hydrogens (tertiary/aromatic N) is 1. The van der Waals surface area contributed by atoms with Gasteiger partial charge in [0.2, 0.25) is 5.91 Å². The first-order valence-electron chi connectivity index (χ1n) is 9.77. The van der Waals surface area contributed by atoms with Crippen molar-refractivity contribution in [1.29, 1.82) is 0 Å². The van der Waals surface area contributed by atoms with Crippen LogP contribution >= 0.6 is 0 Å². The molecule has 2 fully saturated rings. The molecule has 0 radical (unpaired) electrons. The van der Waals surface area contributed by atoms with Crippen molar-refractivity contribution in [3.05, 3.63) is 65.2 Å². The number of benzene rings is 2. The maximum atomic E-state index is 12.6. The normalized spacial score (nSPS) is 29.3. The second-order valence-electron chi connectivity index (χ2n) is 8.26. The molecular weight excluding hydrogens is 322 g/mol. The van der Waals surface area contributed by atoms with Gasteiger partial charge in [0, 0.05) is 13.0 Å². The van der Waals surface area contributed by atoms with Gasteiger partial charge in [0.25, 0.3) is 0 Å². The quantitative estimate of drug-likeness (QED) is 0.829. The zero-order valence-electron chi connectivity index (χ0n) is 15.3. The molecule has 2 aromatic carbocycles. The first kappa shape index (κ1) is 15.9. The minimum absolute atomic E-state index is 0.0732. The smallest absolute Gasteiger partial charge is 0.223 e. The molecule has 3 aliphatic rings. The van der Waals surface area contributed by atoms with Gasteiger partial charge in [-0.25, -0.2) is 0 Å². The van der Waals surface area contributed by atoms with Crippen molar-refractivity contribution in [2.45, 2.75) is 44.8 Å². The van der Waals surface area contributed by atoms with E-state index in [4.69, 9.17) is 4.74 Å². The van der Waals surface area contributed by atoms with Crippen molar-refractivity contribution in [3.63, 3.8) is 0 Å². The van der Waals surface area contributed by atoms with Crippen LogP contribution in [0.4, 0.5) is 0 Å². The van der Waals surface area contributed by atoms with E-state index in [9.17, 15) is 4.79 Å². The first-order chi connectivity index (χ1) is 12.7. The predicted octanol–water partition coefficient (Wildman–Crippen LogP) is 4.30. The summed E-state index contributed by atoms with van der Waals surface area (Å²) in [6.07, 6.45) is 3.94. The summed E-state index contributed by atoms with van der Waals surface area (Å²) in [7, 11) is 0. The highest BCUT2D eigenvalue weighted by molar-refractivity contribution is 5.82. The highest BCUT2D eigenvalue weighted by atomic mass is 16.5. The number of carbonyl (C=O) groups excluding carboxylic acids is 1.